The molecule has 1 unspecified atom stereocenters. The predicted octanol–water partition coefficient (Wildman–Crippen LogP) is 4.83. The summed E-state index contributed by atoms with van der Waals surface area (Å²) in [5.74, 6) is 0.907. The summed E-state index contributed by atoms with van der Waals surface area (Å²) in [6.45, 7) is 9.87. The molecule has 19 heavy (non-hydrogen) atoms. The van der Waals surface area contributed by atoms with Crippen LogP contribution in [0.15, 0.2) is 18.2 Å². The maximum Gasteiger partial charge on any atom is 0.123 e. The Hall–Kier alpha value is -0.730. The molecule has 0 saturated heterocycles. The van der Waals surface area contributed by atoms with Gasteiger partial charge in [-0.2, -0.15) is 0 Å². The minimum Gasteiger partial charge on any atom is -0.496 e. The molecule has 108 valence electrons. The van der Waals surface area contributed by atoms with Crippen LogP contribution in [0.25, 0.3) is 0 Å². The van der Waals surface area contributed by atoms with Gasteiger partial charge in [0.2, 0.25) is 0 Å². The molecule has 1 rings (SSSR count). The lowest BCUT2D eigenvalue weighted by molar-refractivity contribution is 0.327. The molecule has 1 aromatic rings. The molecular weight excluding hydrogens is 258 g/mol. The zero-order chi connectivity index (χ0) is 14.5. The van der Waals surface area contributed by atoms with Gasteiger partial charge < -0.3 is 10.1 Å². The van der Waals surface area contributed by atoms with Gasteiger partial charge in [0.1, 0.15) is 5.75 Å². The molecular formula is C16H26ClNO. The molecule has 0 radical (unpaired) electrons. The second-order valence-corrected chi connectivity index (χ2v) is 6.53. The standard InChI is InChI=1S/C16H26ClNO/c1-6-18-14(9-10-16(2,3)4)13-11-12(17)7-8-15(13)19-5/h7-8,11,14,18H,6,9-10H2,1-5H3. The number of hydrogen-bond acceptors (Lipinski definition) is 2. The molecule has 1 N–H and O–H groups in total. The van der Waals surface area contributed by atoms with Crippen LogP contribution in [0.1, 0.15) is 52.1 Å². The topological polar surface area (TPSA) is 21.3 Å². The number of nitrogens with one attached hydrogen (secondary N) is 1. The number of rotatable bonds is 6. The molecule has 0 fully saturated rings. The van der Waals surface area contributed by atoms with Gasteiger partial charge in [-0.25, -0.2) is 0 Å². The molecule has 0 aliphatic heterocycles. The van der Waals surface area contributed by atoms with Gasteiger partial charge in [0, 0.05) is 16.6 Å². The van der Waals surface area contributed by atoms with Gasteiger partial charge in [-0.15, -0.1) is 0 Å². The molecule has 1 aromatic carbocycles. The molecule has 2 nitrogen and oxygen atoms in total. The van der Waals surface area contributed by atoms with Gasteiger partial charge in [0.25, 0.3) is 0 Å². The first-order valence-corrected chi connectivity index (χ1v) is 7.32. The average molecular weight is 284 g/mol. The van der Waals surface area contributed by atoms with E-state index in [1.807, 2.05) is 18.2 Å². The highest BCUT2D eigenvalue weighted by Gasteiger charge is 2.19. The number of hydrogen-bond donors (Lipinski definition) is 1. The monoisotopic (exact) mass is 283 g/mol. The third-order valence-corrected chi connectivity index (χ3v) is 3.44. The fourth-order valence-corrected chi connectivity index (χ4v) is 2.35. The summed E-state index contributed by atoms with van der Waals surface area (Å²) < 4.78 is 5.46. The minimum absolute atomic E-state index is 0.290. The molecule has 0 aliphatic carbocycles. The Bertz CT molecular complexity index is 398. The van der Waals surface area contributed by atoms with E-state index >= 15 is 0 Å². The average Bonchev–Trinajstić information content (AvgIpc) is 2.33. The fraction of sp³-hybridized carbons (Fsp3) is 0.625. The van der Waals surface area contributed by atoms with Crippen molar-refractivity contribution in [3.63, 3.8) is 0 Å². The number of benzene rings is 1. The second kappa shape index (κ2) is 7.16. The quantitative estimate of drug-likeness (QED) is 0.808. The smallest absolute Gasteiger partial charge is 0.123 e. The lowest BCUT2D eigenvalue weighted by atomic mass is 9.87. The lowest BCUT2D eigenvalue weighted by Gasteiger charge is -2.25. The summed E-state index contributed by atoms with van der Waals surface area (Å²) in [5, 5.41) is 4.29. The van der Waals surface area contributed by atoms with E-state index in [4.69, 9.17) is 16.3 Å². The highest BCUT2D eigenvalue weighted by molar-refractivity contribution is 6.30. The van der Waals surface area contributed by atoms with Crippen molar-refractivity contribution in [3.05, 3.63) is 28.8 Å². The van der Waals surface area contributed by atoms with Crippen molar-refractivity contribution in [3.8, 4) is 5.75 Å². The highest BCUT2D eigenvalue weighted by Crippen LogP contribution is 2.33. The molecule has 0 saturated carbocycles. The molecule has 1 atom stereocenters. The maximum atomic E-state index is 6.12. The van der Waals surface area contributed by atoms with Crippen LogP contribution in [0.2, 0.25) is 5.02 Å². The van der Waals surface area contributed by atoms with Crippen LogP contribution in [0.3, 0.4) is 0 Å². The van der Waals surface area contributed by atoms with Gasteiger partial charge in [-0.1, -0.05) is 39.3 Å². The fourth-order valence-electron chi connectivity index (χ4n) is 2.17. The Morgan fingerprint density at radius 3 is 2.53 bits per heavy atom. The van der Waals surface area contributed by atoms with Crippen molar-refractivity contribution in [1.82, 2.24) is 5.32 Å². The van der Waals surface area contributed by atoms with E-state index in [0.29, 0.717) is 5.41 Å². The van der Waals surface area contributed by atoms with Gasteiger partial charge >= 0.3 is 0 Å². The van der Waals surface area contributed by atoms with Gasteiger partial charge in [0.15, 0.2) is 0 Å². The van der Waals surface area contributed by atoms with E-state index in [2.05, 4.69) is 33.0 Å². The van der Waals surface area contributed by atoms with Crippen molar-refractivity contribution in [2.45, 2.75) is 46.6 Å². The largest absolute Gasteiger partial charge is 0.496 e. The Labute approximate surface area is 122 Å². The Kier molecular flexibility index (Phi) is 6.15. The SMILES string of the molecule is CCNC(CCC(C)(C)C)c1cc(Cl)ccc1OC. The molecule has 0 aromatic heterocycles. The molecule has 3 heteroatoms. The first-order valence-electron chi connectivity index (χ1n) is 6.94. The number of ether oxygens (including phenoxy) is 1. The van der Waals surface area contributed by atoms with Crippen LogP contribution in [-0.4, -0.2) is 13.7 Å². The lowest BCUT2D eigenvalue weighted by Crippen LogP contribution is -2.23. The summed E-state index contributed by atoms with van der Waals surface area (Å²) in [5.41, 5.74) is 1.49. The second-order valence-electron chi connectivity index (χ2n) is 6.10. The summed E-state index contributed by atoms with van der Waals surface area (Å²) in [6.07, 6.45) is 2.23. The number of methoxy groups -OCH3 is 1. The molecule has 0 amide bonds. The van der Waals surface area contributed by atoms with Crippen LogP contribution in [0, 0.1) is 5.41 Å². The molecule has 0 spiro atoms. The van der Waals surface area contributed by atoms with Crippen molar-refractivity contribution in [1.29, 1.82) is 0 Å². The summed E-state index contributed by atoms with van der Waals surface area (Å²) in [4.78, 5) is 0. The normalized spacial score (nSPS) is 13.4. The van der Waals surface area contributed by atoms with Crippen molar-refractivity contribution < 1.29 is 4.74 Å². The third kappa shape index (κ3) is 5.42. The van der Waals surface area contributed by atoms with Crippen LogP contribution >= 0.6 is 11.6 Å². The van der Waals surface area contributed by atoms with E-state index in [9.17, 15) is 0 Å². The van der Waals surface area contributed by atoms with E-state index < -0.39 is 0 Å². The van der Waals surface area contributed by atoms with Crippen molar-refractivity contribution in [2.75, 3.05) is 13.7 Å². The Morgan fingerprint density at radius 2 is 2.00 bits per heavy atom. The molecule has 0 bridgehead atoms. The zero-order valence-corrected chi connectivity index (χ0v) is 13.5. The number of halogens is 1. The van der Waals surface area contributed by atoms with Gasteiger partial charge in [-0.05, 0) is 43.0 Å². The van der Waals surface area contributed by atoms with Crippen molar-refractivity contribution >= 4 is 11.6 Å². The molecule has 0 heterocycles. The van der Waals surface area contributed by atoms with Crippen LogP contribution in [0.5, 0.6) is 5.75 Å². The maximum absolute atomic E-state index is 6.12. The van der Waals surface area contributed by atoms with E-state index in [1.165, 1.54) is 0 Å². The zero-order valence-electron chi connectivity index (χ0n) is 12.7. The summed E-state index contributed by atoms with van der Waals surface area (Å²) >= 11 is 6.12. The molecule has 0 aliphatic rings. The van der Waals surface area contributed by atoms with E-state index in [-0.39, 0.29) is 6.04 Å². The summed E-state index contributed by atoms with van der Waals surface area (Å²) in [7, 11) is 1.71. The van der Waals surface area contributed by atoms with Gasteiger partial charge in [-0.3, -0.25) is 0 Å². The van der Waals surface area contributed by atoms with E-state index in [0.717, 1.165) is 35.7 Å². The Balaban J connectivity index is 2.94. The van der Waals surface area contributed by atoms with Crippen LogP contribution in [-0.2, 0) is 0 Å². The highest BCUT2D eigenvalue weighted by atomic mass is 35.5. The van der Waals surface area contributed by atoms with Crippen molar-refractivity contribution in [2.24, 2.45) is 5.41 Å². The first-order chi connectivity index (χ1) is 8.87. The predicted molar refractivity (Wildman–Crippen MR) is 83.1 cm³/mol. The first kappa shape index (κ1) is 16.3. The van der Waals surface area contributed by atoms with Crippen LogP contribution < -0.4 is 10.1 Å². The summed E-state index contributed by atoms with van der Waals surface area (Å²) in [6, 6.07) is 6.12. The third-order valence-electron chi connectivity index (χ3n) is 3.20. The van der Waals surface area contributed by atoms with E-state index in [1.54, 1.807) is 7.11 Å². The minimum atomic E-state index is 0.290. The van der Waals surface area contributed by atoms with Gasteiger partial charge in [0.05, 0.1) is 7.11 Å². The van der Waals surface area contributed by atoms with Crippen LogP contribution in [0.4, 0.5) is 0 Å². The Morgan fingerprint density at radius 1 is 1.32 bits per heavy atom.